The van der Waals surface area contributed by atoms with E-state index in [1.807, 2.05) is 6.08 Å². The Morgan fingerprint density at radius 2 is 1.02 bits per heavy atom. The van der Waals surface area contributed by atoms with Crippen LogP contribution in [-0.2, 0) is 13.9 Å². The Hall–Kier alpha value is -0.720. The van der Waals surface area contributed by atoms with Crippen LogP contribution in [0.2, 0.25) is 0 Å². The predicted molar refractivity (Wildman–Crippen MR) is 181 cm³/mol. The van der Waals surface area contributed by atoms with Gasteiger partial charge in [0.1, 0.15) is 0 Å². The normalized spacial score (nSPS) is 13.5. The van der Waals surface area contributed by atoms with Gasteiger partial charge in [-0.3, -0.25) is 9.32 Å². The molecular weight excluding hydrogens is 561 g/mol. The van der Waals surface area contributed by atoms with E-state index in [9.17, 15) is 14.5 Å². The average Bonchev–Trinajstić information content (AvgIpc) is 2.97. The number of aliphatic hydroxyl groups is 1. The van der Waals surface area contributed by atoms with Crippen molar-refractivity contribution < 1.29 is 28.8 Å². The summed E-state index contributed by atoms with van der Waals surface area (Å²) in [5.74, 6) is -0.227. The van der Waals surface area contributed by atoms with Gasteiger partial charge in [0, 0.05) is 6.42 Å². The van der Waals surface area contributed by atoms with E-state index >= 15 is 0 Å². The number of carbonyl (C=O) groups is 1. The zero-order chi connectivity index (χ0) is 31.9. The van der Waals surface area contributed by atoms with Crippen LogP contribution in [0.25, 0.3) is 0 Å². The smallest absolute Gasteiger partial charge is 0.387 e. The summed E-state index contributed by atoms with van der Waals surface area (Å²) in [7, 11) is -4.70. The molecule has 0 spiro atoms. The number of aliphatic hydroxyl groups excluding tert-OH is 1. The summed E-state index contributed by atoms with van der Waals surface area (Å²) in [5, 5.41) is 13.3. The van der Waals surface area contributed by atoms with Gasteiger partial charge in [-0.2, -0.15) is 0 Å². The third-order valence-corrected chi connectivity index (χ3v) is 8.73. The second-order valence-corrected chi connectivity index (χ2v) is 13.8. The summed E-state index contributed by atoms with van der Waals surface area (Å²) in [4.78, 5) is 30.6. The Bertz CT molecular complexity index is 683. The molecular formula is C35H70NO6P. The molecule has 4 N–H and O–H groups in total. The van der Waals surface area contributed by atoms with Crippen LogP contribution >= 0.6 is 7.82 Å². The van der Waals surface area contributed by atoms with Crippen LogP contribution < -0.4 is 5.32 Å². The van der Waals surface area contributed by atoms with E-state index in [2.05, 4.69) is 23.7 Å². The minimum Gasteiger partial charge on any atom is -0.387 e. The highest BCUT2D eigenvalue weighted by molar-refractivity contribution is 7.46. The molecule has 0 heterocycles. The third-order valence-electron chi connectivity index (χ3n) is 8.25. The molecule has 0 aromatic carbocycles. The lowest BCUT2D eigenvalue weighted by Gasteiger charge is -2.22. The van der Waals surface area contributed by atoms with Gasteiger partial charge in [0.2, 0.25) is 5.91 Å². The van der Waals surface area contributed by atoms with E-state index in [1.54, 1.807) is 6.08 Å². The molecule has 0 radical (unpaired) electrons. The molecule has 0 aliphatic heterocycles. The van der Waals surface area contributed by atoms with Crippen molar-refractivity contribution in [2.75, 3.05) is 6.61 Å². The zero-order valence-corrected chi connectivity index (χ0v) is 29.0. The van der Waals surface area contributed by atoms with Crippen LogP contribution in [0.1, 0.15) is 187 Å². The van der Waals surface area contributed by atoms with Crippen molar-refractivity contribution in [3.63, 3.8) is 0 Å². The first-order valence-corrected chi connectivity index (χ1v) is 19.7. The first kappa shape index (κ1) is 42.3. The number of carbonyl (C=O) groups excluding carboxylic acids is 1. The van der Waals surface area contributed by atoms with E-state index < -0.39 is 26.6 Å². The quantitative estimate of drug-likeness (QED) is 0.0325. The first-order chi connectivity index (χ1) is 20.8. The van der Waals surface area contributed by atoms with Crippen LogP contribution in [-0.4, -0.2) is 39.6 Å². The number of hydrogen-bond acceptors (Lipinski definition) is 4. The van der Waals surface area contributed by atoms with Crippen LogP contribution in [0.15, 0.2) is 12.2 Å². The topological polar surface area (TPSA) is 116 Å². The maximum absolute atomic E-state index is 12.5. The van der Waals surface area contributed by atoms with Gasteiger partial charge in [-0.25, -0.2) is 4.57 Å². The fourth-order valence-corrected chi connectivity index (χ4v) is 5.81. The van der Waals surface area contributed by atoms with Gasteiger partial charge < -0.3 is 20.2 Å². The summed E-state index contributed by atoms with van der Waals surface area (Å²) in [6.45, 7) is 4.03. The standard InChI is InChI=1S/C35H70NO6P/c1-3-5-7-9-11-13-14-15-16-17-18-19-20-21-23-25-27-29-31-35(38)36-33(32-42-43(39,40)41)34(37)30-28-26-24-22-12-10-8-6-4-2/h28,30,33-34,37H,3-27,29,31-32H2,1-2H3,(H,36,38)(H2,39,40,41)/b30-28+/t33-,34+/m0/s1. The number of rotatable bonds is 33. The van der Waals surface area contributed by atoms with Gasteiger partial charge in [0.25, 0.3) is 0 Å². The van der Waals surface area contributed by atoms with Crippen LogP contribution in [0.4, 0.5) is 0 Å². The van der Waals surface area contributed by atoms with E-state index in [0.717, 1.165) is 38.5 Å². The monoisotopic (exact) mass is 631 g/mol. The Balaban J connectivity index is 3.93. The molecule has 8 heteroatoms. The lowest BCUT2D eigenvalue weighted by atomic mass is 10.0. The Morgan fingerprint density at radius 3 is 1.42 bits per heavy atom. The number of allylic oxidation sites excluding steroid dienone is 1. The van der Waals surface area contributed by atoms with E-state index in [1.165, 1.54) is 128 Å². The highest BCUT2D eigenvalue weighted by Crippen LogP contribution is 2.35. The minimum absolute atomic E-state index is 0.227. The van der Waals surface area contributed by atoms with E-state index in [-0.39, 0.29) is 5.91 Å². The van der Waals surface area contributed by atoms with Gasteiger partial charge in [0.05, 0.1) is 18.8 Å². The van der Waals surface area contributed by atoms with Crippen LogP contribution in [0.5, 0.6) is 0 Å². The molecule has 0 bridgehead atoms. The lowest BCUT2D eigenvalue weighted by molar-refractivity contribution is -0.123. The SMILES string of the molecule is CCCCCCCCC/C=C/[C@@H](O)[C@H](COP(=O)(O)O)NC(=O)CCCCCCCCCCCCCCCCCCCC. The number of amides is 1. The van der Waals surface area contributed by atoms with Crippen molar-refractivity contribution in [1.29, 1.82) is 0 Å². The summed E-state index contributed by atoms with van der Waals surface area (Å²) in [6.07, 6.45) is 35.2. The molecule has 0 aliphatic carbocycles. The fraction of sp³-hybridized carbons (Fsp3) is 0.914. The number of nitrogens with one attached hydrogen (secondary N) is 1. The van der Waals surface area contributed by atoms with Gasteiger partial charge in [-0.1, -0.05) is 174 Å². The number of phosphoric acid groups is 1. The Kier molecular flexibility index (Phi) is 30.7. The second-order valence-electron chi connectivity index (χ2n) is 12.5. The van der Waals surface area contributed by atoms with E-state index in [4.69, 9.17) is 9.79 Å². The maximum Gasteiger partial charge on any atom is 0.469 e. The molecule has 2 atom stereocenters. The van der Waals surface area contributed by atoms with E-state index in [0.29, 0.717) is 6.42 Å². The molecule has 1 amide bonds. The van der Waals surface area contributed by atoms with Gasteiger partial charge >= 0.3 is 7.82 Å². The average molecular weight is 632 g/mol. The largest absolute Gasteiger partial charge is 0.469 e. The molecule has 7 nitrogen and oxygen atoms in total. The predicted octanol–water partition coefficient (Wildman–Crippen LogP) is 10.1. The van der Waals surface area contributed by atoms with Gasteiger partial charge in [-0.15, -0.1) is 0 Å². The molecule has 0 rings (SSSR count). The summed E-state index contributed by atoms with van der Waals surface area (Å²) >= 11 is 0. The van der Waals surface area contributed by atoms with Crippen LogP contribution in [0.3, 0.4) is 0 Å². The van der Waals surface area contributed by atoms with Crippen molar-refractivity contribution in [1.82, 2.24) is 5.32 Å². The van der Waals surface area contributed by atoms with Crippen LogP contribution in [0, 0.1) is 0 Å². The highest BCUT2D eigenvalue weighted by Gasteiger charge is 2.24. The number of unbranched alkanes of at least 4 members (excludes halogenated alkanes) is 24. The summed E-state index contributed by atoms with van der Waals surface area (Å²) in [6, 6.07) is -0.902. The molecule has 0 aliphatic rings. The second kappa shape index (κ2) is 31.3. The molecule has 0 aromatic rings. The molecule has 0 saturated carbocycles. The van der Waals surface area contributed by atoms with Crippen molar-refractivity contribution >= 4 is 13.7 Å². The molecule has 0 saturated heterocycles. The van der Waals surface area contributed by atoms with Crippen molar-refractivity contribution in [2.45, 2.75) is 199 Å². The molecule has 0 aromatic heterocycles. The van der Waals surface area contributed by atoms with Gasteiger partial charge in [-0.05, 0) is 19.3 Å². The zero-order valence-electron chi connectivity index (χ0n) is 28.1. The number of hydrogen-bond donors (Lipinski definition) is 4. The molecule has 43 heavy (non-hydrogen) atoms. The Labute approximate surface area is 265 Å². The fourth-order valence-electron chi connectivity index (χ4n) is 5.46. The van der Waals surface area contributed by atoms with Crippen molar-refractivity contribution in [3.8, 4) is 0 Å². The van der Waals surface area contributed by atoms with Gasteiger partial charge in [0.15, 0.2) is 0 Å². The molecule has 256 valence electrons. The third kappa shape index (κ3) is 32.5. The first-order valence-electron chi connectivity index (χ1n) is 18.1. The summed E-state index contributed by atoms with van der Waals surface area (Å²) < 4.78 is 15.8. The minimum atomic E-state index is -4.70. The van der Waals surface area contributed by atoms with Crippen molar-refractivity contribution in [3.05, 3.63) is 12.2 Å². The Morgan fingerprint density at radius 1 is 0.651 bits per heavy atom. The lowest BCUT2D eigenvalue weighted by Crippen LogP contribution is -2.45. The number of phosphoric ester groups is 1. The maximum atomic E-state index is 12.5. The summed E-state index contributed by atoms with van der Waals surface area (Å²) in [5.41, 5.74) is 0. The molecule has 0 fully saturated rings. The molecule has 0 unspecified atom stereocenters. The van der Waals surface area contributed by atoms with Crippen molar-refractivity contribution in [2.24, 2.45) is 0 Å². The highest BCUT2D eigenvalue weighted by atomic mass is 31.2.